The molecule has 4 amide bonds. The highest BCUT2D eigenvalue weighted by atomic mass is 35.5. The van der Waals surface area contributed by atoms with Crippen LogP contribution in [0.2, 0.25) is 5.02 Å². The van der Waals surface area contributed by atoms with Crippen LogP contribution in [0.4, 0.5) is 34.5 Å². The minimum atomic E-state index is -2.84. The first-order chi connectivity index (χ1) is 35.6. The Morgan fingerprint density at radius 1 is 0.838 bits per heavy atom. The Kier molecular flexibility index (Phi) is 13.1. The maximum absolute atomic E-state index is 13.6. The van der Waals surface area contributed by atoms with Gasteiger partial charge in [-0.3, -0.25) is 44.0 Å². The van der Waals surface area contributed by atoms with Gasteiger partial charge in [-0.1, -0.05) is 11.6 Å². The molecule has 3 aromatic carbocycles. The average molecular weight is 1040 g/mol. The lowest BCUT2D eigenvalue weighted by Gasteiger charge is -2.49. The van der Waals surface area contributed by atoms with E-state index in [2.05, 4.69) is 62.8 Å². The number of imide groups is 2. The summed E-state index contributed by atoms with van der Waals surface area (Å²) >= 11 is 6.69. The van der Waals surface area contributed by atoms with E-state index < -0.39 is 36.8 Å². The van der Waals surface area contributed by atoms with Gasteiger partial charge in [0.2, 0.25) is 17.8 Å². The number of ether oxygens (including phenoxy) is 1. The van der Waals surface area contributed by atoms with E-state index in [0.29, 0.717) is 56.3 Å². The molecule has 5 aliphatic heterocycles. The molecule has 0 saturated carbocycles. The Morgan fingerprint density at radius 2 is 1.62 bits per heavy atom. The van der Waals surface area contributed by atoms with Gasteiger partial charge in [0.15, 0.2) is 5.82 Å². The summed E-state index contributed by atoms with van der Waals surface area (Å²) in [6.07, 6.45) is 15.4. The fourth-order valence-electron chi connectivity index (χ4n) is 11.8. The standard InChI is InChI=1S/C53H59ClN13O6P/c1-63-30-33(27-58-63)36-25-41(60-52-57-28-38(54)48(62-52)59-40-9-8-39-46(56-18-17-55-39)47(40)74(3,4)72)44(73-2)26-43(36)66-20-12-32(13-21-66)29-64-19-5-14-53(31-64)15-22-65(23-16-53)34-6-7-35-37(24-34)51(71)67(50(35)70)42-10-11-45(68)61-49(42)69/h6-9,17-18,24-28,30,32,42H,5,10-16,19-23,29,31H2,1-4H3,(H,61,68,69)(H2,57,59,60,62). The SMILES string of the molecule is COc1cc(N2CCC(CN3CCCC4(CCN(c5ccc6c(c5)C(=O)N(C5CCC(=O)NC5=O)C6=O)CC4)C3)CC2)c(-c2cnn(C)c2)cc1Nc1ncc(Cl)c(Nc2ccc3nccnc3c2P(C)(C)=O)n1. The summed E-state index contributed by atoms with van der Waals surface area (Å²) in [5.41, 5.74) is 7.20. The van der Waals surface area contributed by atoms with Crippen LogP contribution in [-0.4, -0.2) is 135 Å². The molecule has 74 heavy (non-hydrogen) atoms. The first-order valence-electron chi connectivity index (χ1n) is 25.3. The molecule has 1 unspecified atom stereocenters. The Bertz CT molecular complexity index is 3270. The summed E-state index contributed by atoms with van der Waals surface area (Å²) in [5, 5.41) is 14.3. The number of piperidine rings is 4. The number of rotatable bonds is 12. The van der Waals surface area contributed by atoms with E-state index in [4.69, 9.17) is 21.3 Å². The second kappa shape index (κ2) is 19.7. The number of aryl methyl sites for hydroxylation is 1. The van der Waals surface area contributed by atoms with E-state index in [9.17, 15) is 23.7 Å². The molecule has 0 aliphatic carbocycles. The normalized spacial score (nSPS) is 19.6. The van der Waals surface area contributed by atoms with Gasteiger partial charge < -0.3 is 34.6 Å². The van der Waals surface area contributed by atoms with Gasteiger partial charge >= 0.3 is 0 Å². The molecule has 1 atom stereocenters. The zero-order valence-electron chi connectivity index (χ0n) is 41.9. The van der Waals surface area contributed by atoms with Crippen molar-refractivity contribution in [2.75, 3.05) is 86.7 Å². The minimum absolute atomic E-state index is 0.0884. The molecule has 11 rings (SSSR count). The van der Waals surface area contributed by atoms with Crippen LogP contribution in [0.1, 0.15) is 72.1 Å². The molecule has 19 nitrogen and oxygen atoms in total. The van der Waals surface area contributed by atoms with E-state index in [0.717, 1.165) is 98.9 Å². The van der Waals surface area contributed by atoms with Crippen molar-refractivity contribution in [1.29, 1.82) is 0 Å². The minimum Gasteiger partial charge on any atom is -0.494 e. The average Bonchev–Trinajstić information content (AvgIpc) is 3.93. The van der Waals surface area contributed by atoms with Crippen LogP contribution in [0.3, 0.4) is 0 Å². The van der Waals surface area contributed by atoms with Crippen molar-refractivity contribution < 1.29 is 28.5 Å². The molecule has 6 aromatic rings. The largest absolute Gasteiger partial charge is 0.494 e. The topological polar surface area (TPSA) is 213 Å². The highest BCUT2D eigenvalue weighted by molar-refractivity contribution is 7.71. The highest BCUT2D eigenvalue weighted by Crippen LogP contribution is 2.45. The number of hydrogen-bond acceptors (Lipinski definition) is 16. The number of carbonyl (C=O) groups is 4. The van der Waals surface area contributed by atoms with Gasteiger partial charge in [0.25, 0.3) is 11.8 Å². The number of fused-ring (bicyclic) bond motifs is 2. The van der Waals surface area contributed by atoms with Crippen molar-refractivity contribution in [3.05, 3.63) is 89.6 Å². The van der Waals surface area contributed by atoms with Gasteiger partial charge in [0.1, 0.15) is 29.5 Å². The summed E-state index contributed by atoms with van der Waals surface area (Å²) in [4.78, 5) is 78.0. The molecule has 4 fully saturated rings. The maximum Gasteiger partial charge on any atom is 0.262 e. The van der Waals surface area contributed by atoms with E-state index in [1.165, 1.54) is 19.0 Å². The van der Waals surface area contributed by atoms with Crippen molar-refractivity contribution in [3.63, 3.8) is 0 Å². The van der Waals surface area contributed by atoms with Gasteiger partial charge in [0.05, 0.1) is 52.8 Å². The number of hydrogen-bond donors (Lipinski definition) is 3. The molecular formula is C53H59ClN13O6P. The third-order valence-corrected chi connectivity index (χ3v) is 17.4. The maximum atomic E-state index is 13.6. The predicted octanol–water partition coefficient (Wildman–Crippen LogP) is 7.22. The lowest BCUT2D eigenvalue weighted by atomic mass is 9.72. The number of amides is 4. The van der Waals surface area contributed by atoms with Crippen molar-refractivity contribution in [2.24, 2.45) is 18.4 Å². The first kappa shape index (κ1) is 49.3. The molecule has 0 bridgehead atoms. The Hall–Kier alpha value is -6.95. The molecule has 8 heterocycles. The number of methoxy groups -OCH3 is 1. The number of aromatic nitrogens is 6. The number of likely N-dealkylation sites (tertiary alicyclic amines) is 1. The zero-order valence-corrected chi connectivity index (χ0v) is 43.6. The number of nitrogens with one attached hydrogen (secondary N) is 3. The van der Waals surface area contributed by atoms with Crippen LogP contribution in [-0.2, 0) is 21.2 Å². The molecule has 3 aromatic heterocycles. The Labute approximate surface area is 433 Å². The first-order valence-corrected chi connectivity index (χ1v) is 28.3. The molecule has 4 saturated heterocycles. The number of benzene rings is 3. The molecule has 3 N–H and O–H groups in total. The number of carbonyl (C=O) groups excluding carboxylic acids is 4. The van der Waals surface area contributed by atoms with Gasteiger partial charge in [-0.25, -0.2) is 4.98 Å². The van der Waals surface area contributed by atoms with Crippen molar-refractivity contribution in [2.45, 2.75) is 57.4 Å². The van der Waals surface area contributed by atoms with Gasteiger partial charge in [-0.05, 0) is 113 Å². The lowest BCUT2D eigenvalue weighted by Crippen LogP contribution is -2.54. The van der Waals surface area contributed by atoms with Crippen molar-refractivity contribution >= 4 is 93.2 Å². The monoisotopic (exact) mass is 1040 g/mol. The predicted molar refractivity (Wildman–Crippen MR) is 285 cm³/mol. The second-order valence-electron chi connectivity index (χ2n) is 20.8. The van der Waals surface area contributed by atoms with Crippen molar-refractivity contribution in [1.82, 2.24) is 44.8 Å². The highest BCUT2D eigenvalue weighted by Gasteiger charge is 2.45. The van der Waals surface area contributed by atoms with Crippen LogP contribution >= 0.6 is 18.7 Å². The molecular weight excluding hydrogens is 981 g/mol. The summed E-state index contributed by atoms with van der Waals surface area (Å²) in [7, 11) is 0.721. The van der Waals surface area contributed by atoms with Gasteiger partial charge in [-0.15, -0.1) is 0 Å². The van der Waals surface area contributed by atoms with E-state index in [-0.39, 0.29) is 29.2 Å². The Balaban J connectivity index is 0.741. The summed E-state index contributed by atoms with van der Waals surface area (Å²) in [6, 6.07) is 12.2. The molecule has 21 heteroatoms. The summed E-state index contributed by atoms with van der Waals surface area (Å²) < 4.78 is 21.5. The van der Waals surface area contributed by atoms with Crippen molar-refractivity contribution in [3.8, 4) is 16.9 Å². The number of anilines is 6. The van der Waals surface area contributed by atoms with E-state index >= 15 is 0 Å². The van der Waals surface area contributed by atoms with Gasteiger partial charge in [0, 0.05) is 99.9 Å². The quantitative estimate of drug-likeness (QED) is 0.0816. The third kappa shape index (κ3) is 9.56. The van der Waals surface area contributed by atoms with E-state index in [1.54, 1.807) is 43.6 Å². The smallest absolute Gasteiger partial charge is 0.262 e. The fraction of sp³-hybridized carbons (Fsp3) is 0.415. The molecule has 1 spiro atoms. The number of halogens is 1. The van der Waals surface area contributed by atoms with Crippen LogP contribution < -0.4 is 35.8 Å². The van der Waals surface area contributed by atoms with E-state index in [1.807, 2.05) is 43.7 Å². The lowest BCUT2D eigenvalue weighted by molar-refractivity contribution is -0.136. The number of nitrogens with zero attached hydrogens (tertiary/aromatic N) is 10. The van der Waals surface area contributed by atoms with Crippen LogP contribution in [0.5, 0.6) is 5.75 Å². The molecule has 5 aliphatic rings. The summed E-state index contributed by atoms with van der Waals surface area (Å²) in [5.74, 6) is -0.170. The molecule has 384 valence electrons. The Morgan fingerprint density at radius 3 is 2.36 bits per heavy atom. The molecule has 0 radical (unpaired) electrons. The second-order valence-corrected chi connectivity index (χ2v) is 24.3. The fourth-order valence-corrected chi connectivity index (χ4v) is 13.3. The summed E-state index contributed by atoms with van der Waals surface area (Å²) in [6.45, 7) is 10.1. The third-order valence-electron chi connectivity index (χ3n) is 15.6. The van der Waals surface area contributed by atoms with Crippen LogP contribution in [0, 0.1) is 11.3 Å². The zero-order chi connectivity index (χ0) is 51.5. The van der Waals surface area contributed by atoms with Gasteiger partial charge in [-0.2, -0.15) is 10.1 Å². The van der Waals surface area contributed by atoms with Crippen LogP contribution in [0.25, 0.3) is 22.2 Å². The van der Waals surface area contributed by atoms with Crippen LogP contribution in [0.15, 0.2) is 73.4 Å².